The van der Waals surface area contributed by atoms with Crippen LogP contribution in [-0.4, -0.2) is 14.8 Å². The average Bonchev–Trinajstić information content (AvgIpc) is 2.76. The summed E-state index contributed by atoms with van der Waals surface area (Å²) in [6, 6.07) is 0. The van der Waals surface area contributed by atoms with E-state index < -0.39 is 0 Å². The van der Waals surface area contributed by atoms with Gasteiger partial charge in [0, 0.05) is 12.3 Å². The number of hydrogen-bond acceptors (Lipinski definition) is 3. The molecule has 1 aromatic rings. The van der Waals surface area contributed by atoms with Crippen molar-refractivity contribution in [3.05, 3.63) is 11.6 Å². The van der Waals surface area contributed by atoms with Crippen molar-refractivity contribution in [2.24, 2.45) is 5.73 Å². The number of fused-ring (bicyclic) bond motifs is 1. The molecule has 1 unspecified atom stereocenters. The number of aromatic nitrogens is 3. The van der Waals surface area contributed by atoms with Crippen LogP contribution in [0.15, 0.2) is 0 Å². The number of aryl methyl sites for hydroxylation is 1. The SMILES string of the molecule is NC1CCCc2nc(C3CCCCC3)nn21. The summed E-state index contributed by atoms with van der Waals surface area (Å²) < 4.78 is 1.97. The van der Waals surface area contributed by atoms with Gasteiger partial charge in [-0.1, -0.05) is 19.3 Å². The van der Waals surface area contributed by atoms with Crippen molar-refractivity contribution < 1.29 is 0 Å². The van der Waals surface area contributed by atoms with Crippen LogP contribution >= 0.6 is 0 Å². The molecule has 2 N–H and O–H groups in total. The van der Waals surface area contributed by atoms with E-state index in [1.54, 1.807) is 0 Å². The Bertz CT molecular complexity index is 365. The lowest BCUT2D eigenvalue weighted by molar-refractivity contribution is 0.366. The fourth-order valence-corrected chi connectivity index (χ4v) is 2.94. The van der Waals surface area contributed by atoms with Gasteiger partial charge in [0.1, 0.15) is 12.0 Å². The summed E-state index contributed by atoms with van der Waals surface area (Å²) in [5, 5.41) is 4.64. The second kappa shape index (κ2) is 4.17. The molecule has 0 bridgehead atoms. The van der Waals surface area contributed by atoms with Crippen LogP contribution in [-0.2, 0) is 6.42 Å². The zero-order chi connectivity index (χ0) is 11.0. The Morgan fingerprint density at radius 2 is 1.88 bits per heavy atom. The zero-order valence-corrected chi connectivity index (χ0v) is 9.73. The van der Waals surface area contributed by atoms with E-state index in [0.29, 0.717) is 5.92 Å². The number of hydrogen-bond donors (Lipinski definition) is 1. The summed E-state index contributed by atoms with van der Waals surface area (Å²) in [7, 11) is 0. The highest BCUT2D eigenvalue weighted by molar-refractivity contribution is 5.03. The van der Waals surface area contributed by atoms with Gasteiger partial charge < -0.3 is 5.73 Å². The Hall–Kier alpha value is -0.900. The zero-order valence-electron chi connectivity index (χ0n) is 9.73. The third-order valence-electron chi connectivity index (χ3n) is 3.90. The normalized spacial score (nSPS) is 26.7. The van der Waals surface area contributed by atoms with Gasteiger partial charge in [0.2, 0.25) is 0 Å². The van der Waals surface area contributed by atoms with Gasteiger partial charge in [0.05, 0.1) is 0 Å². The number of nitrogens with two attached hydrogens (primary N) is 1. The average molecular weight is 220 g/mol. The summed E-state index contributed by atoms with van der Waals surface area (Å²) in [6.07, 6.45) is 9.88. The van der Waals surface area contributed by atoms with E-state index in [2.05, 4.69) is 5.10 Å². The number of rotatable bonds is 1. The molecule has 0 spiro atoms. The first-order chi connectivity index (χ1) is 7.84. The monoisotopic (exact) mass is 220 g/mol. The van der Waals surface area contributed by atoms with Crippen molar-refractivity contribution in [1.29, 1.82) is 0 Å². The lowest BCUT2D eigenvalue weighted by atomic mass is 9.89. The molecule has 2 heterocycles. The summed E-state index contributed by atoms with van der Waals surface area (Å²) in [5.74, 6) is 2.77. The van der Waals surface area contributed by atoms with Crippen LogP contribution in [0.25, 0.3) is 0 Å². The topological polar surface area (TPSA) is 56.7 Å². The van der Waals surface area contributed by atoms with Crippen molar-refractivity contribution in [3.8, 4) is 0 Å². The molecular formula is C12H20N4. The Morgan fingerprint density at radius 3 is 2.62 bits per heavy atom. The standard InChI is InChI=1S/C12H20N4/c13-10-7-4-8-11-14-12(15-16(10)11)9-5-2-1-3-6-9/h9-10H,1-8,13H2. The molecule has 2 aliphatic rings. The molecule has 1 fully saturated rings. The van der Waals surface area contributed by atoms with Crippen molar-refractivity contribution in [2.75, 3.05) is 0 Å². The second-order valence-electron chi connectivity index (χ2n) is 5.13. The smallest absolute Gasteiger partial charge is 0.154 e. The van der Waals surface area contributed by atoms with Crippen molar-refractivity contribution in [2.45, 2.75) is 63.5 Å². The Balaban J connectivity index is 1.85. The molecule has 4 nitrogen and oxygen atoms in total. The molecule has 0 saturated heterocycles. The molecule has 1 aliphatic heterocycles. The Kier molecular flexibility index (Phi) is 2.67. The van der Waals surface area contributed by atoms with Crippen LogP contribution in [0.1, 0.15) is 68.7 Å². The lowest BCUT2D eigenvalue weighted by Crippen LogP contribution is -2.26. The third kappa shape index (κ3) is 1.75. The molecule has 88 valence electrons. The van der Waals surface area contributed by atoms with Crippen LogP contribution in [0, 0.1) is 0 Å². The highest BCUT2D eigenvalue weighted by Gasteiger charge is 2.25. The quantitative estimate of drug-likeness (QED) is 0.788. The maximum Gasteiger partial charge on any atom is 0.154 e. The Morgan fingerprint density at radius 1 is 1.06 bits per heavy atom. The molecule has 1 atom stereocenters. The lowest BCUT2D eigenvalue weighted by Gasteiger charge is -2.19. The summed E-state index contributed by atoms with van der Waals surface area (Å²) >= 11 is 0. The van der Waals surface area contributed by atoms with Gasteiger partial charge in [-0.15, -0.1) is 0 Å². The van der Waals surface area contributed by atoms with Crippen LogP contribution in [0.3, 0.4) is 0 Å². The van der Waals surface area contributed by atoms with Gasteiger partial charge in [-0.3, -0.25) is 0 Å². The fraction of sp³-hybridized carbons (Fsp3) is 0.833. The number of nitrogens with zero attached hydrogens (tertiary/aromatic N) is 3. The predicted molar refractivity (Wildman–Crippen MR) is 62.0 cm³/mol. The summed E-state index contributed by atoms with van der Waals surface area (Å²) in [6.45, 7) is 0. The first-order valence-corrected chi connectivity index (χ1v) is 6.55. The Labute approximate surface area is 96.2 Å². The van der Waals surface area contributed by atoms with Crippen LogP contribution < -0.4 is 5.73 Å². The highest BCUT2D eigenvalue weighted by atomic mass is 15.4. The molecule has 0 amide bonds. The molecule has 4 heteroatoms. The fourth-order valence-electron chi connectivity index (χ4n) is 2.94. The van der Waals surface area contributed by atoms with Gasteiger partial charge in [0.15, 0.2) is 5.82 Å². The summed E-state index contributed by atoms with van der Waals surface area (Å²) in [4.78, 5) is 4.70. The van der Waals surface area contributed by atoms with E-state index in [1.807, 2.05) is 4.68 Å². The minimum Gasteiger partial charge on any atom is -0.310 e. The molecule has 16 heavy (non-hydrogen) atoms. The molecule has 1 saturated carbocycles. The van der Waals surface area contributed by atoms with Gasteiger partial charge in [0.25, 0.3) is 0 Å². The molecule has 1 aliphatic carbocycles. The van der Waals surface area contributed by atoms with Crippen LogP contribution in [0.5, 0.6) is 0 Å². The van der Waals surface area contributed by atoms with Crippen molar-refractivity contribution in [1.82, 2.24) is 14.8 Å². The first kappa shape index (κ1) is 10.3. The predicted octanol–water partition coefficient (Wildman–Crippen LogP) is 2.12. The molecule has 1 aromatic heterocycles. The van der Waals surface area contributed by atoms with Gasteiger partial charge in [-0.2, -0.15) is 5.10 Å². The minimum absolute atomic E-state index is 0.0635. The second-order valence-corrected chi connectivity index (χ2v) is 5.13. The van der Waals surface area contributed by atoms with E-state index in [0.717, 1.165) is 30.9 Å². The van der Waals surface area contributed by atoms with Crippen LogP contribution in [0.2, 0.25) is 0 Å². The first-order valence-electron chi connectivity index (χ1n) is 6.55. The van der Waals surface area contributed by atoms with Gasteiger partial charge >= 0.3 is 0 Å². The van der Waals surface area contributed by atoms with E-state index in [-0.39, 0.29) is 6.17 Å². The van der Waals surface area contributed by atoms with E-state index in [9.17, 15) is 0 Å². The molecular weight excluding hydrogens is 200 g/mol. The van der Waals surface area contributed by atoms with E-state index in [1.165, 1.54) is 32.1 Å². The van der Waals surface area contributed by atoms with E-state index in [4.69, 9.17) is 10.7 Å². The molecule has 0 aromatic carbocycles. The minimum atomic E-state index is 0.0635. The maximum atomic E-state index is 6.05. The summed E-state index contributed by atoms with van der Waals surface area (Å²) in [5.41, 5.74) is 6.05. The van der Waals surface area contributed by atoms with Gasteiger partial charge in [-0.05, 0) is 25.7 Å². The van der Waals surface area contributed by atoms with Crippen molar-refractivity contribution in [3.63, 3.8) is 0 Å². The van der Waals surface area contributed by atoms with Crippen molar-refractivity contribution >= 4 is 0 Å². The molecule has 0 radical (unpaired) electrons. The largest absolute Gasteiger partial charge is 0.310 e. The maximum absolute atomic E-state index is 6.05. The van der Waals surface area contributed by atoms with E-state index >= 15 is 0 Å². The third-order valence-corrected chi connectivity index (χ3v) is 3.90. The van der Waals surface area contributed by atoms with Crippen LogP contribution in [0.4, 0.5) is 0 Å². The highest BCUT2D eigenvalue weighted by Crippen LogP contribution is 2.32. The van der Waals surface area contributed by atoms with Gasteiger partial charge in [-0.25, -0.2) is 9.67 Å². The molecule has 3 rings (SSSR count).